The van der Waals surface area contributed by atoms with Crippen molar-refractivity contribution in [1.82, 2.24) is 19.6 Å². The summed E-state index contributed by atoms with van der Waals surface area (Å²) in [5.74, 6) is -7.67. The van der Waals surface area contributed by atoms with Gasteiger partial charge in [0, 0.05) is 25.3 Å². The number of carbonyl (C=O) groups is 1. The molecule has 2 aromatic heterocycles. The number of aromatic nitrogens is 2. The van der Waals surface area contributed by atoms with E-state index in [4.69, 9.17) is 0 Å². The van der Waals surface area contributed by atoms with Gasteiger partial charge >= 0.3 is 12.1 Å². The van der Waals surface area contributed by atoms with Crippen LogP contribution in [0.4, 0.5) is 22.0 Å². The van der Waals surface area contributed by atoms with Crippen LogP contribution in [0.3, 0.4) is 0 Å². The number of amides is 1. The molecule has 1 N–H and O–H groups in total. The van der Waals surface area contributed by atoms with Crippen molar-refractivity contribution in [2.45, 2.75) is 38.0 Å². The minimum atomic E-state index is -5.88. The topological polar surface area (TPSA) is 49.6 Å². The van der Waals surface area contributed by atoms with Crippen molar-refractivity contribution in [3.05, 3.63) is 35.8 Å². The molecule has 0 unspecified atom stereocenters. The van der Waals surface area contributed by atoms with E-state index in [1.807, 2.05) is 18.2 Å². The highest BCUT2D eigenvalue weighted by Gasteiger charge is 2.63. The number of pyridine rings is 1. The van der Waals surface area contributed by atoms with Crippen LogP contribution in [-0.2, 0) is 17.9 Å². The molecule has 0 saturated heterocycles. The standard InChI is InChI=1S/C16H17F5N4O/c17-15(18,16(19,20)21)14(26)22-6-1-2-7-24-9-11-4-3-5-13-23-8-12(10-24)25(11)13/h3-5,8H,1-2,6-7,9-10H2,(H,22,26). The normalized spacial score (nSPS) is 15.4. The summed E-state index contributed by atoms with van der Waals surface area (Å²) < 4.78 is 63.9. The number of rotatable bonds is 6. The van der Waals surface area contributed by atoms with E-state index in [2.05, 4.69) is 14.3 Å². The van der Waals surface area contributed by atoms with E-state index < -0.39 is 18.0 Å². The molecule has 0 fully saturated rings. The maximum Gasteiger partial charge on any atom is 0.463 e. The highest BCUT2D eigenvalue weighted by atomic mass is 19.4. The molecule has 1 aliphatic rings. The third-order valence-electron chi connectivity index (χ3n) is 4.28. The summed E-state index contributed by atoms with van der Waals surface area (Å²) in [5, 5.41) is 1.65. The van der Waals surface area contributed by atoms with Crippen molar-refractivity contribution >= 4 is 11.6 Å². The van der Waals surface area contributed by atoms with Crippen LogP contribution in [0, 0.1) is 0 Å². The minimum absolute atomic E-state index is 0.230. The molecule has 3 heterocycles. The first kappa shape index (κ1) is 18.6. The second-order valence-electron chi connectivity index (χ2n) is 6.21. The van der Waals surface area contributed by atoms with E-state index in [1.165, 1.54) is 0 Å². The summed E-state index contributed by atoms with van der Waals surface area (Å²) in [7, 11) is 0. The Balaban J connectivity index is 1.43. The molecule has 3 rings (SSSR count). The Morgan fingerprint density at radius 1 is 1.12 bits per heavy atom. The van der Waals surface area contributed by atoms with Crippen LogP contribution in [0.2, 0.25) is 0 Å². The maximum absolute atomic E-state index is 12.8. The number of unbranched alkanes of at least 4 members (excludes halogenated alkanes) is 1. The zero-order valence-corrected chi connectivity index (χ0v) is 13.7. The predicted octanol–water partition coefficient (Wildman–Crippen LogP) is 2.74. The van der Waals surface area contributed by atoms with E-state index >= 15 is 0 Å². The maximum atomic E-state index is 12.8. The molecule has 142 valence electrons. The Morgan fingerprint density at radius 2 is 1.85 bits per heavy atom. The molecular weight excluding hydrogens is 359 g/mol. The molecule has 0 radical (unpaired) electrons. The summed E-state index contributed by atoms with van der Waals surface area (Å²) >= 11 is 0. The second-order valence-corrected chi connectivity index (χ2v) is 6.21. The summed E-state index contributed by atoms with van der Waals surface area (Å²) in [6.45, 7) is 1.77. The number of carbonyl (C=O) groups excluding carboxylic acids is 1. The van der Waals surface area contributed by atoms with E-state index in [-0.39, 0.29) is 6.54 Å². The quantitative estimate of drug-likeness (QED) is 0.623. The van der Waals surface area contributed by atoms with Crippen LogP contribution in [0.1, 0.15) is 24.2 Å². The van der Waals surface area contributed by atoms with E-state index in [1.54, 1.807) is 11.5 Å². The average molecular weight is 376 g/mol. The first-order valence-electron chi connectivity index (χ1n) is 8.09. The van der Waals surface area contributed by atoms with E-state index in [0.717, 1.165) is 17.0 Å². The summed E-state index contributed by atoms with van der Waals surface area (Å²) in [6, 6.07) is 5.83. The molecule has 1 aliphatic heterocycles. The highest BCUT2D eigenvalue weighted by Crippen LogP contribution is 2.35. The zero-order chi connectivity index (χ0) is 18.9. The average Bonchev–Trinajstić information content (AvgIpc) is 2.98. The lowest BCUT2D eigenvalue weighted by molar-refractivity contribution is -0.269. The van der Waals surface area contributed by atoms with Crippen LogP contribution in [-0.4, -0.2) is 45.4 Å². The fourth-order valence-electron chi connectivity index (χ4n) is 2.98. The Hall–Kier alpha value is -2.23. The monoisotopic (exact) mass is 376 g/mol. The number of hydrogen-bond donors (Lipinski definition) is 1. The van der Waals surface area contributed by atoms with Gasteiger partial charge in [0.1, 0.15) is 5.65 Å². The largest absolute Gasteiger partial charge is 0.463 e. The number of nitrogens with one attached hydrogen (secondary N) is 1. The molecular formula is C16H17F5N4O. The molecule has 0 aromatic carbocycles. The Bertz CT molecular complexity index is 802. The van der Waals surface area contributed by atoms with Gasteiger partial charge in [0.05, 0.1) is 11.9 Å². The fraction of sp³-hybridized carbons (Fsp3) is 0.500. The van der Waals surface area contributed by atoms with Crippen molar-refractivity contribution in [3.63, 3.8) is 0 Å². The zero-order valence-electron chi connectivity index (χ0n) is 13.7. The van der Waals surface area contributed by atoms with E-state index in [0.29, 0.717) is 32.5 Å². The van der Waals surface area contributed by atoms with Gasteiger partial charge in [-0.25, -0.2) is 4.98 Å². The van der Waals surface area contributed by atoms with Crippen molar-refractivity contribution in [3.8, 4) is 0 Å². The van der Waals surface area contributed by atoms with Gasteiger partial charge in [-0.05, 0) is 31.5 Å². The van der Waals surface area contributed by atoms with Crippen molar-refractivity contribution in [2.75, 3.05) is 13.1 Å². The first-order valence-corrected chi connectivity index (χ1v) is 8.09. The van der Waals surface area contributed by atoms with Gasteiger partial charge in [-0.15, -0.1) is 0 Å². The van der Waals surface area contributed by atoms with Crippen LogP contribution in [0.5, 0.6) is 0 Å². The number of halogens is 5. The third kappa shape index (κ3) is 3.50. The summed E-state index contributed by atoms with van der Waals surface area (Å²) in [6.07, 6.45) is -3.22. The minimum Gasteiger partial charge on any atom is -0.351 e. The highest BCUT2D eigenvalue weighted by molar-refractivity contribution is 5.84. The lowest BCUT2D eigenvalue weighted by Crippen LogP contribution is -2.50. The van der Waals surface area contributed by atoms with Crippen LogP contribution >= 0.6 is 0 Å². The van der Waals surface area contributed by atoms with Gasteiger partial charge in [-0.2, -0.15) is 22.0 Å². The number of alkyl halides is 5. The van der Waals surface area contributed by atoms with E-state index in [9.17, 15) is 26.7 Å². The van der Waals surface area contributed by atoms with Gasteiger partial charge in [-0.1, -0.05) is 6.07 Å². The van der Waals surface area contributed by atoms with Gasteiger partial charge in [0.2, 0.25) is 0 Å². The van der Waals surface area contributed by atoms with Gasteiger partial charge in [-0.3, -0.25) is 14.1 Å². The third-order valence-corrected chi connectivity index (χ3v) is 4.28. The molecule has 10 heteroatoms. The van der Waals surface area contributed by atoms with Gasteiger partial charge in [0.25, 0.3) is 5.91 Å². The number of nitrogens with zero attached hydrogens (tertiary/aromatic N) is 3. The molecule has 2 aromatic rings. The Labute approximate surface area is 145 Å². The van der Waals surface area contributed by atoms with Crippen LogP contribution in [0.25, 0.3) is 5.65 Å². The molecule has 0 aliphatic carbocycles. The lowest BCUT2D eigenvalue weighted by Gasteiger charge is -2.27. The van der Waals surface area contributed by atoms with Crippen molar-refractivity contribution in [1.29, 1.82) is 0 Å². The van der Waals surface area contributed by atoms with Gasteiger partial charge in [0.15, 0.2) is 0 Å². The van der Waals surface area contributed by atoms with Crippen molar-refractivity contribution in [2.24, 2.45) is 0 Å². The second kappa shape index (κ2) is 6.82. The molecule has 26 heavy (non-hydrogen) atoms. The molecule has 0 spiro atoms. The fourth-order valence-corrected chi connectivity index (χ4v) is 2.98. The van der Waals surface area contributed by atoms with Crippen molar-refractivity contribution < 1.29 is 26.7 Å². The molecule has 1 amide bonds. The number of hydrogen-bond acceptors (Lipinski definition) is 3. The van der Waals surface area contributed by atoms with Crippen LogP contribution < -0.4 is 5.32 Å². The van der Waals surface area contributed by atoms with Gasteiger partial charge < -0.3 is 5.32 Å². The molecule has 0 saturated carbocycles. The number of imidazole rings is 1. The molecule has 5 nitrogen and oxygen atoms in total. The summed E-state index contributed by atoms with van der Waals surface area (Å²) in [4.78, 5) is 17.4. The lowest BCUT2D eigenvalue weighted by atomic mass is 10.2. The SMILES string of the molecule is O=C(NCCCCN1Cc2cccc3ncc(n23)C1)C(F)(F)C(F)(F)F. The smallest absolute Gasteiger partial charge is 0.351 e. The Kier molecular flexibility index (Phi) is 4.87. The summed E-state index contributed by atoms with van der Waals surface area (Å²) in [5.41, 5.74) is 3.00. The molecule has 0 atom stereocenters. The first-order chi connectivity index (χ1) is 12.2. The predicted molar refractivity (Wildman–Crippen MR) is 82.6 cm³/mol. The molecule has 0 bridgehead atoms. The van der Waals surface area contributed by atoms with Crippen LogP contribution in [0.15, 0.2) is 24.4 Å². The Morgan fingerprint density at radius 3 is 2.58 bits per heavy atom.